The predicted molar refractivity (Wildman–Crippen MR) is 225 cm³/mol. The van der Waals surface area contributed by atoms with Crippen LogP contribution in [0.4, 0.5) is 0 Å². The predicted octanol–water partition coefficient (Wildman–Crippen LogP) is 9.53. The van der Waals surface area contributed by atoms with Gasteiger partial charge in [-0.05, 0) is 121 Å². The van der Waals surface area contributed by atoms with Gasteiger partial charge in [0.25, 0.3) is 0 Å². The van der Waals surface area contributed by atoms with E-state index in [4.69, 9.17) is 14.7 Å². The van der Waals surface area contributed by atoms with Crippen LogP contribution >= 0.6 is 0 Å². The summed E-state index contributed by atoms with van der Waals surface area (Å²) in [6.07, 6.45) is 25.4. The monoisotopic (exact) mass is 747 g/mol. The number of nitrogens with one attached hydrogen (secondary N) is 2. The average molecular weight is 748 g/mol. The summed E-state index contributed by atoms with van der Waals surface area (Å²) >= 11 is 0. The fourth-order valence-corrected chi connectivity index (χ4v) is 7.55. The number of hydrogen-bond donors (Lipinski definition) is 2. The van der Waals surface area contributed by atoms with Crippen molar-refractivity contribution in [3.05, 3.63) is 145 Å². The molecule has 0 radical (unpaired) electrons. The van der Waals surface area contributed by atoms with E-state index in [1.807, 2.05) is 68.1 Å². The quantitative estimate of drug-likeness (QED) is 0.0811. The van der Waals surface area contributed by atoms with Gasteiger partial charge in [-0.1, -0.05) is 0 Å². The highest BCUT2D eigenvalue weighted by molar-refractivity contribution is 6.00. The van der Waals surface area contributed by atoms with E-state index in [9.17, 15) is 4.79 Å². The third-order valence-electron chi connectivity index (χ3n) is 10.2. The number of nitrogens with zero attached hydrogens (tertiary/aromatic N) is 6. The number of fused-ring (bicyclic) bond motifs is 8. The average Bonchev–Trinajstić information content (AvgIpc) is 4.10. The maximum absolute atomic E-state index is 11.9. The Hall–Kier alpha value is -7.33. The first-order valence-electron chi connectivity index (χ1n) is 19.2. The van der Waals surface area contributed by atoms with E-state index in [1.165, 1.54) is 0 Å². The number of aromatic amines is 2. The first-order valence-corrected chi connectivity index (χ1v) is 19.2. The number of hydrogen-bond acceptors (Lipinski definition) is 7. The van der Waals surface area contributed by atoms with Crippen molar-refractivity contribution in [2.45, 2.75) is 32.7 Å². The van der Waals surface area contributed by atoms with Crippen LogP contribution in [0.15, 0.2) is 122 Å². The van der Waals surface area contributed by atoms with Gasteiger partial charge in [-0.15, -0.1) is 0 Å². The maximum atomic E-state index is 11.9. The third kappa shape index (κ3) is 7.28. The van der Waals surface area contributed by atoms with Crippen molar-refractivity contribution in [1.29, 1.82) is 0 Å². The van der Waals surface area contributed by atoms with Gasteiger partial charge in [0.1, 0.15) is 6.54 Å². The van der Waals surface area contributed by atoms with Crippen molar-refractivity contribution in [2.75, 3.05) is 6.61 Å². The largest absolute Gasteiger partial charge is 0.466 e. The van der Waals surface area contributed by atoms with E-state index in [0.717, 1.165) is 109 Å². The summed E-state index contributed by atoms with van der Waals surface area (Å²) in [7, 11) is 0. The number of pyridine rings is 4. The molecule has 10 heteroatoms. The van der Waals surface area contributed by atoms with Gasteiger partial charge in [0.2, 0.25) is 0 Å². The Bertz CT molecular complexity index is 2670. The zero-order chi connectivity index (χ0) is 38.6. The molecule has 7 aromatic rings. The first-order chi connectivity index (χ1) is 28.1. The molecule has 57 heavy (non-hydrogen) atoms. The normalized spacial score (nSPS) is 11.9. The summed E-state index contributed by atoms with van der Waals surface area (Å²) in [5, 5.41) is 0. The number of rotatable bonds is 10. The lowest BCUT2D eigenvalue weighted by molar-refractivity contribution is -0.697. The maximum Gasteiger partial charge on any atom is 0.305 e. The van der Waals surface area contributed by atoms with Gasteiger partial charge in [-0.3, -0.25) is 19.7 Å². The molecule has 0 saturated carbocycles. The minimum Gasteiger partial charge on any atom is -0.466 e. The Morgan fingerprint density at radius 2 is 0.930 bits per heavy atom. The Morgan fingerprint density at radius 1 is 0.526 bits per heavy atom. The van der Waals surface area contributed by atoms with E-state index in [0.29, 0.717) is 13.0 Å². The molecule has 0 aromatic carbocycles. The van der Waals surface area contributed by atoms with Gasteiger partial charge in [0, 0.05) is 106 Å². The van der Waals surface area contributed by atoms with E-state index in [1.54, 1.807) is 12.4 Å². The van der Waals surface area contributed by atoms with Gasteiger partial charge in [-0.25, -0.2) is 14.5 Å². The lowest BCUT2D eigenvalue weighted by atomic mass is 10.0. The van der Waals surface area contributed by atoms with Crippen LogP contribution < -0.4 is 4.57 Å². The summed E-state index contributed by atoms with van der Waals surface area (Å²) < 4.78 is 7.26. The highest BCUT2D eigenvalue weighted by Crippen LogP contribution is 2.38. The molecular formula is C47H39N8O2+. The molecule has 2 aliphatic heterocycles. The molecule has 0 aliphatic carbocycles. The summed E-state index contributed by atoms with van der Waals surface area (Å²) in [6, 6.07) is 24.9. The molecule has 0 unspecified atom stereocenters. The van der Waals surface area contributed by atoms with Crippen molar-refractivity contribution >= 4 is 52.3 Å². The Labute approximate surface area is 329 Å². The molecule has 278 valence electrons. The Kier molecular flexibility index (Phi) is 9.81. The molecular weight excluding hydrogens is 709 g/mol. The smallest absolute Gasteiger partial charge is 0.305 e. The number of H-pyrrole nitrogens is 2. The molecule has 0 fully saturated rings. The molecule has 0 amide bonds. The van der Waals surface area contributed by atoms with Gasteiger partial charge < -0.3 is 14.7 Å². The van der Waals surface area contributed by atoms with Crippen LogP contribution in [-0.2, 0) is 16.1 Å². The van der Waals surface area contributed by atoms with Gasteiger partial charge in [-0.2, -0.15) is 0 Å². The molecule has 0 atom stereocenters. The number of aromatic nitrogens is 8. The molecule has 0 spiro atoms. The lowest BCUT2D eigenvalue weighted by Gasteiger charge is -2.06. The minimum absolute atomic E-state index is 0.143. The topological polar surface area (TPSA) is 126 Å². The molecule has 9 heterocycles. The van der Waals surface area contributed by atoms with Crippen molar-refractivity contribution in [1.82, 2.24) is 34.9 Å². The van der Waals surface area contributed by atoms with Crippen LogP contribution in [0.25, 0.3) is 90.9 Å². The van der Waals surface area contributed by atoms with Gasteiger partial charge in [0.05, 0.1) is 29.4 Å². The Morgan fingerprint density at radius 3 is 1.39 bits per heavy atom. The number of aryl methyl sites for hydroxylation is 1. The second-order valence-electron chi connectivity index (χ2n) is 13.8. The molecule has 10 nitrogen and oxygen atoms in total. The fraction of sp³-hybridized carbons (Fsp3) is 0.128. The van der Waals surface area contributed by atoms with Crippen LogP contribution in [0.3, 0.4) is 0 Å². The van der Waals surface area contributed by atoms with Crippen LogP contribution in [-0.4, -0.2) is 47.5 Å². The number of ether oxygens (including phenoxy) is 1. The van der Waals surface area contributed by atoms with Gasteiger partial charge >= 0.3 is 5.97 Å². The van der Waals surface area contributed by atoms with Crippen LogP contribution in [0.2, 0.25) is 0 Å². The summed E-state index contributed by atoms with van der Waals surface area (Å²) in [6.45, 7) is 3.04. The second-order valence-corrected chi connectivity index (χ2v) is 13.8. The van der Waals surface area contributed by atoms with Crippen molar-refractivity contribution in [2.24, 2.45) is 0 Å². The van der Waals surface area contributed by atoms with Crippen molar-refractivity contribution < 1.29 is 14.1 Å². The van der Waals surface area contributed by atoms with E-state index < -0.39 is 0 Å². The zero-order valence-electron chi connectivity index (χ0n) is 31.4. The molecule has 2 N–H and O–H groups in total. The van der Waals surface area contributed by atoms with Crippen LogP contribution in [0.1, 0.15) is 49.0 Å². The summed E-state index contributed by atoms with van der Waals surface area (Å²) in [5.74, 6) is -0.143. The van der Waals surface area contributed by atoms with Crippen LogP contribution in [0, 0.1) is 0 Å². The Balaban J connectivity index is 1.30. The summed E-state index contributed by atoms with van der Waals surface area (Å²) in [4.78, 5) is 43.0. The van der Waals surface area contributed by atoms with E-state index in [2.05, 4.69) is 103 Å². The minimum atomic E-state index is -0.143. The molecule has 7 aromatic heterocycles. The highest BCUT2D eigenvalue weighted by atomic mass is 16.5. The standard InChI is InChI=1S/C47H38N8O2/c1-2-57-43(56)5-3-4-28-55-29-20-34(21-30-55)47-41-12-10-39(53-41)45(32-16-24-49-25-17-32)37-8-6-35(51-37)44(31-14-22-48-23-15-31)36-7-9-38(52-36)46(33-18-26-50-27-19-33)40-11-13-42(47)54-40/h6-27,29-30H,2-5,28H2,1H3,(H,51,52,53,54)/p+1. The lowest BCUT2D eigenvalue weighted by Crippen LogP contribution is -2.32. The second kappa shape index (κ2) is 15.8. The van der Waals surface area contributed by atoms with E-state index in [-0.39, 0.29) is 5.97 Å². The number of carbonyl (C=O) groups is 1. The van der Waals surface area contributed by atoms with Crippen LogP contribution in [0.5, 0.6) is 0 Å². The SMILES string of the molecule is CCOC(=O)CCCC[n+]1ccc(-c2c3ccc([nH]3)c(-c3ccncc3)c3nc(c(-c4ccncc4)c4nc(c(-c5ccncc5)c5ccc2[nH]5)C=C4)C=C3)cc1. The third-order valence-corrected chi connectivity index (χ3v) is 10.2. The molecule has 8 bridgehead atoms. The molecule has 0 saturated heterocycles. The number of carbonyl (C=O) groups excluding carboxylic acids is 1. The number of esters is 1. The highest BCUT2D eigenvalue weighted by Gasteiger charge is 2.20. The number of unbranched alkanes of at least 4 members (excludes halogenated alkanes) is 1. The van der Waals surface area contributed by atoms with Crippen molar-refractivity contribution in [3.8, 4) is 44.5 Å². The van der Waals surface area contributed by atoms with E-state index >= 15 is 0 Å². The molecule has 9 rings (SSSR count). The fourth-order valence-electron chi connectivity index (χ4n) is 7.55. The summed E-state index contributed by atoms with van der Waals surface area (Å²) in [5.41, 5.74) is 14.8. The molecule has 2 aliphatic rings. The van der Waals surface area contributed by atoms with Gasteiger partial charge in [0.15, 0.2) is 12.4 Å². The first kappa shape index (κ1) is 35.4. The van der Waals surface area contributed by atoms with Crippen molar-refractivity contribution in [3.63, 3.8) is 0 Å². The zero-order valence-corrected chi connectivity index (χ0v) is 31.4.